The molecule has 0 aromatic heterocycles. The predicted octanol–water partition coefficient (Wildman–Crippen LogP) is 3.03. The van der Waals surface area contributed by atoms with Crippen molar-refractivity contribution >= 4 is 40.9 Å². The van der Waals surface area contributed by atoms with Gasteiger partial charge < -0.3 is 10.6 Å². The highest BCUT2D eigenvalue weighted by Gasteiger charge is 2.18. The Morgan fingerprint density at radius 2 is 2.16 bits per heavy atom. The van der Waals surface area contributed by atoms with Crippen LogP contribution in [0, 0.1) is 0 Å². The summed E-state index contributed by atoms with van der Waals surface area (Å²) in [6.07, 6.45) is 2.67. The smallest absolute Gasteiger partial charge is 0.239 e. The summed E-state index contributed by atoms with van der Waals surface area (Å²) < 4.78 is 0. The van der Waals surface area contributed by atoms with Crippen LogP contribution in [0.5, 0.6) is 0 Å². The lowest BCUT2D eigenvalue weighted by molar-refractivity contribution is -0.131. The zero-order valence-electron chi connectivity index (χ0n) is 11.0. The molecule has 1 rings (SSSR count). The molecule has 0 radical (unpaired) electrons. The van der Waals surface area contributed by atoms with Gasteiger partial charge in [-0.25, -0.2) is 0 Å². The maximum Gasteiger partial charge on any atom is 0.239 e. The first-order chi connectivity index (χ1) is 8.97. The first-order valence-electron chi connectivity index (χ1n) is 5.89. The number of halogens is 2. The summed E-state index contributed by atoms with van der Waals surface area (Å²) in [5.41, 5.74) is 6.68. The molecule has 0 saturated carbocycles. The Bertz CT molecular complexity index is 443. The number of thioether (sulfide) groups is 1. The minimum atomic E-state index is -0.463. The Kier molecular flexibility index (Phi) is 7.00. The monoisotopic (exact) mass is 320 g/mol. The van der Waals surface area contributed by atoms with Gasteiger partial charge in [0.1, 0.15) is 0 Å². The van der Waals surface area contributed by atoms with E-state index in [4.69, 9.17) is 28.9 Å². The van der Waals surface area contributed by atoms with E-state index in [0.29, 0.717) is 23.0 Å². The number of nitrogens with zero attached hydrogens (tertiary/aromatic N) is 1. The summed E-state index contributed by atoms with van der Waals surface area (Å²) in [5, 5.41) is 0.980. The van der Waals surface area contributed by atoms with Crippen LogP contribution in [0.3, 0.4) is 0 Å². The van der Waals surface area contributed by atoms with Crippen molar-refractivity contribution in [3.8, 4) is 0 Å². The van der Waals surface area contributed by atoms with E-state index in [2.05, 4.69) is 0 Å². The van der Waals surface area contributed by atoms with Crippen LogP contribution in [0.25, 0.3) is 0 Å². The van der Waals surface area contributed by atoms with Gasteiger partial charge in [-0.1, -0.05) is 35.3 Å². The number of amides is 1. The van der Waals surface area contributed by atoms with E-state index in [1.54, 1.807) is 29.8 Å². The molecule has 0 heterocycles. The normalized spacial score (nSPS) is 12.3. The van der Waals surface area contributed by atoms with Crippen molar-refractivity contribution in [2.45, 2.75) is 19.0 Å². The molecule has 0 unspecified atom stereocenters. The van der Waals surface area contributed by atoms with Crippen molar-refractivity contribution in [1.82, 2.24) is 4.90 Å². The molecule has 2 N–H and O–H groups in total. The first-order valence-corrected chi connectivity index (χ1v) is 8.04. The molecule has 106 valence electrons. The van der Waals surface area contributed by atoms with E-state index in [9.17, 15) is 4.79 Å². The molecule has 19 heavy (non-hydrogen) atoms. The van der Waals surface area contributed by atoms with Gasteiger partial charge in [-0.2, -0.15) is 11.8 Å². The van der Waals surface area contributed by atoms with Crippen LogP contribution in [-0.2, 0) is 11.3 Å². The number of rotatable bonds is 6. The second kappa shape index (κ2) is 8.00. The largest absolute Gasteiger partial charge is 0.340 e. The second-order valence-electron chi connectivity index (χ2n) is 4.30. The molecule has 0 spiro atoms. The number of hydrogen-bond donors (Lipinski definition) is 1. The van der Waals surface area contributed by atoms with E-state index in [1.165, 1.54) is 0 Å². The number of carbonyl (C=O) groups is 1. The molecule has 1 aromatic rings. The third-order valence-electron chi connectivity index (χ3n) is 2.77. The van der Waals surface area contributed by atoms with E-state index in [1.807, 2.05) is 18.4 Å². The Morgan fingerprint density at radius 3 is 2.79 bits per heavy atom. The number of hydrogen-bond acceptors (Lipinski definition) is 3. The number of carbonyl (C=O) groups excluding carboxylic acids is 1. The van der Waals surface area contributed by atoms with Crippen molar-refractivity contribution < 1.29 is 4.79 Å². The van der Waals surface area contributed by atoms with Crippen LogP contribution in [0.4, 0.5) is 0 Å². The third-order valence-corrected chi connectivity index (χ3v) is 4.27. The van der Waals surface area contributed by atoms with Crippen LogP contribution < -0.4 is 5.73 Å². The SMILES string of the molecule is CSCC[C@H](N)C(=O)N(C)Cc1cccc(Cl)c1Cl. The highest BCUT2D eigenvalue weighted by Crippen LogP contribution is 2.26. The van der Waals surface area contributed by atoms with Gasteiger partial charge >= 0.3 is 0 Å². The maximum atomic E-state index is 12.1. The lowest BCUT2D eigenvalue weighted by Gasteiger charge is -2.22. The van der Waals surface area contributed by atoms with Gasteiger partial charge in [0.2, 0.25) is 5.91 Å². The minimum Gasteiger partial charge on any atom is -0.340 e. The number of nitrogens with two attached hydrogens (primary N) is 1. The van der Waals surface area contributed by atoms with Gasteiger partial charge in [-0.15, -0.1) is 0 Å². The zero-order valence-corrected chi connectivity index (χ0v) is 13.4. The van der Waals surface area contributed by atoms with Gasteiger partial charge in [0.05, 0.1) is 16.1 Å². The molecule has 3 nitrogen and oxygen atoms in total. The molecule has 1 amide bonds. The van der Waals surface area contributed by atoms with Crippen molar-refractivity contribution in [2.75, 3.05) is 19.1 Å². The standard InChI is InChI=1S/C13H18Cl2N2OS/c1-17(13(18)11(16)6-7-19-2)8-9-4-3-5-10(14)12(9)15/h3-5,11H,6-8,16H2,1-2H3/t11-/m0/s1. The highest BCUT2D eigenvalue weighted by molar-refractivity contribution is 7.98. The Morgan fingerprint density at radius 1 is 1.47 bits per heavy atom. The lowest BCUT2D eigenvalue weighted by Crippen LogP contribution is -2.41. The molecule has 0 bridgehead atoms. The summed E-state index contributed by atoms with van der Waals surface area (Å²) in [7, 11) is 1.72. The fourth-order valence-electron chi connectivity index (χ4n) is 1.66. The molecule has 0 fully saturated rings. The summed E-state index contributed by atoms with van der Waals surface area (Å²) in [4.78, 5) is 13.7. The van der Waals surface area contributed by atoms with E-state index in [0.717, 1.165) is 11.3 Å². The zero-order chi connectivity index (χ0) is 14.4. The van der Waals surface area contributed by atoms with Crippen molar-refractivity contribution in [3.05, 3.63) is 33.8 Å². The highest BCUT2D eigenvalue weighted by atomic mass is 35.5. The average Bonchev–Trinajstić information content (AvgIpc) is 2.40. The summed E-state index contributed by atoms with van der Waals surface area (Å²) in [6, 6.07) is 4.93. The van der Waals surface area contributed by atoms with Crippen molar-refractivity contribution in [1.29, 1.82) is 0 Å². The lowest BCUT2D eigenvalue weighted by atomic mass is 10.1. The molecular formula is C13H18Cl2N2OS. The Balaban J connectivity index is 2.66. The predicted molar refractivity (Wildman–Crippen MR) is 83.9 cm³/mol. The average molecular weight is 321 g/mol. The van der Waals surface area contributed by atoms with Crippen molar-refractivity contribution in [3.63, 3.8) is 0 Å². The molecule has 0 aliphatic carbocycles. The van der Waals surface area contributed by atoms with Gasteiger partial charge in [-0.3, -0.25) is 4.79 Å². The second-order valence-corrected chi connectivity index (χ2v) is 6.07. The number of likely N-dealkylation sites (N-methyl/N-ethyl adjacent to an activating group) is 1. The van der Waals surface area contributed by atoms with Crippen molar-refractivity contribution in [2.24, 2.45) is 5.73 Å². The van der Waals surface area contributed by atoms with Crippen LogP contribution in [0.1, 0.15) is 12.0 Å². The summed E-state index contributed by atoms with van der Waals surface area (Å²) in [6.45, 7) is 0.408. The molecule has 0 aliphatic heterocycles. The van der Waals surface area contributed by atoms with E-state index in [-0.39, 0.29) is 5.91 Å². The third kappa shape index (κ3) is 4.88. The topological polar surface area (TPSA) is 46.3 Å². The molecule has 0 aliphatic rings. The molecule has 1 atom stereocenters. The number of benzene rings is 1. The van der Waals surface area contributed by atoms with Gasteiger partial charge in [0.25, 0.3) is 0 Å². The van der Waals surface area contributed by atoms with Gasteiger partial charge in [0, 0.05) is 13.6 Å². The molecule has 1 aromatic carbocycles. The fraction of sp³-hybridized carbons (Fsp3) is 0.462. The molecule has 6 heteroatoms. The quantitative estimate of drug-likeness (QED) is 0.876. The molecule has 0 saturated heterocycles. The van der Waals surface area contributed by atoms with Crippen LogP contribution in [0.15, 0.2) is 18.2 Å². The Hall–Kier alpha value is -0.420. The van der Waals surface area contributed by atoms with Gasteiger partial charge in [0.15, 0.2) is 0 Å². The maximum absolute atomic E-state index is 12.1. The molecular weight excluding hydrogens is 303 g/mol. The summed E-state index contributed by atoms with van der Waals surface area (Å²) in [5.74, 6) is 0.795. The van der Waals surface area contributed by atoms with Crippen LogP contribution in [0.2, 0.25) is 10.0 Å². The fourth-order valence-corrected chi connectivity index (χ4v) is 2.52. The van der Waals surface area contributed by atoms with E-state index >= 15 is 0 Å². The van der Waals surface area contributed by atoms with Gasteiger partial charge in [-0.05, 0) is 30.1 Å². The minimum absolute atomic E-state index is 0.0786. The van der Waals surface area contributed by atoms with E-state index < -0.39 is 6.04 Å². The first kappa shape index (κ1) is 16.6. The summed E-state index contributed by atoms with van der Waals surface area (Å²) >= 11 is 13.7. The van der Waals surface area contributed by atoms with Crippen LogP contribution >= 0.6 is 35.0 Å². The van der Waals surface area contributed by atoms with Crippen LogP contribution in [-0.4, -0.2) is 35.9 Å². The Labute approximate surface area is 128 Å².